The van der Waals surface area contributed by atoms with Crippen LogP contribution >= 0.6 is 12.2 Å². The topological polar surface area (TPSA) is 65.4 Å². The Balaban J connectivity index is 2.08. The molecule has 1 spiro atoms. The minimum Gasteiger partial charge on any atom is -0.497 e. The summed E-state index contributed by atoms with van der Waals surface area (Å²) < 4.78 is 5.21. The fourth-order valence-electron chi connectivity index (χ4n) is 3.77. The maximum atomic E-state index is 12.3. The lowest BCUT2D eigenvalue weighted by Crippen LogP contribution is -2.68. The van der Waals surface area contributed by atoms with Gasteiger partial charge in [-0.25, -0.2) is 0 Å². The molecule has 1 saturated carbocycles. The van der Waals surface area contributed by atoms with Crippen molar-refractivity contribution >= 4 is 28.9 Å². The van der Waals surface area contributed by atoms with Crippen LogP contribution in [0.3, 0.4) is 0 Å². The van der Waals surface area contributed by atoms with Crippen molar-refractivity contribution in [3.05, 3.63) is 24.3 Å². The number of nitrogens with zero attached hydrogens (tertiary/aromatic N) is 2. The average molecular weight is 329 g/mol. The lowest BCUT2D eigenvalue weighted by molar-refractivity contribution is -0.124. The summed E-state index contributed by atoms with van der Waals surface area (Å²) in [6, 6.07) is 9.80. The van der Waals surface area contributed by atoms with E-state index in [1.165, 1.54) is 0 Å². The number of carbonyl (C=O) groups is 1. The molecular formula is C17H19N3O2S. The Labute approximate surface area is 141 Å². The van der Waals surface area contributed by atoms with E-state index in [2.05, 4.69) is 11.4 Å². The summed E-state index contributed by atoms with van der Waals surface area (Å²) in [4.78, 5) is 14.3. The van der Waals surface area contributed by atoms with Crippen LogP contribution in [0.15, 0.2) is 24.3 Å². The summed E-state index contributed by atoms with van der Waals surface area (Å²) >= 11 is 5.46. The van der Waals surface area contributed by atoms with Gasteiger partial charge in [0.15, 0.2) is 5.11 Å². The van der Waals surface area contributed by atoms with Crippen molar-refractivity contribution in [3.63, 3.8) is 0 Å². The first kappa shape index (κ1) is 15.8. The number of ether oxygens (including phenoxy) is 1. The summed E-state index contributed by atoms with van der Waals surface area (Å²) in [5.74, 6) is -0.226. The molecule has 5 nitrogen and oxygen atoms in total. The molecule has 120 valence electrons. The van der Waals surface area contributed by atoms with Gasteiger partial charge in [-0.05, 0) is 49.3 Å². The molecule has 1 unspecified atom stereocenters. The molecule has 6 heteroatoms. The van der Waals surface area contributed by atoms with E-state index < -0.39 is 11.5 Å². The highest BCUT2D eigenvalue weighted by molar-refractivity contribution is 7.80. The van der Waals surface area contributed by atoms with E-state index in [-0.39, 0.29) is 5.91 Å². The van der Waals surface area contributed by atoms with Gasteiger partial charge in [0, 0.05) is 5.69 Å². The maximum Gasteiger partial charge on any atom is 0.245 e. The van der Waals surface area contributed by atoms with Crippen molar-refractivity contribution in [2.75, 3.05) is 12.0 Å². The lowest BCUT2D eigenvalue weighted by atomic mass is 9.70. The van der Waals surface area contributed by atoms with Gasteiger partial charge in [-0.2, -0.15) is 5.26 Å². The van der Waals surface area contributed by atoms with Crippen LogP contribution in [0.25, 0.3) is 0 Å². The van der Waals surface area contributed by atoms with Gasteiger partial charge in [0.25, 0.3) is 0 Å². The molecule has 1 saturated heterocycles. The van der Waals surface area contributed by atoms with Crippen LogP contribution in [0.4, 0.5) is 5.69 Å². The molecule has 1 amide bonds. The monoisotopic (exact) mass is 329 g/mol. The van der Waals surface area contributed by atoms with E-state index in [0.29, 0.717) is 5.11 Å². The minimum atomic E-state index is -0.711. The molecule has 0 bridgehead atoms. The largest absolute Gasteiger partial charge is 0.497 e. The number of nitriles is 1. The lowest BCUT2D eigenvalue weighted by Gasteiger charge is -2.52. The molecule has 1 aliphatic heterocycles. The van der Waals surface area contributed by atoms with Gasteiger partial charge in [0.05, 0.1) is 18.7 Å². The van der Waals surface area contributed by atoms with Crippen molar-refractivity contribution in [2.45, 2.75) is 37.6 Å². The van der Waals surface area contributed by atoms with Gasteiger partial charge in [-0.1, -0.05) is 19.3 Å². The molecule has 2 aliphatic rings. The second kappa shape index (κ2) is 6.17. The Morgan fingerprint density at radius 2 is 1.96 bits per heavy atom. The van der Waals surface area contributed by atoms with Crippen molar-refractivity contribution in [3.8, 4) is 11.8 Å². The van der Waals surface area contributed by atoms with Crippen LogP contribution in [0.2, 0.25) is 0 Å². The Morgan fingerprint density at radius 1 is 1.30 bits per heavy atom. The number of carbonyl (C=O) groups excluding carboxylic acids is 1. The number of hydrogen-bond donors (Lipinski definition) is 1. The Kier molecular flexibility index (Phi) is 4.22. The second-order valence-electron chi connectivity index (χ2n) is 6.05. The first-order chi connectivity index (χ1) is 11.1. The summed E-state index contributed by atoms with van der Waals surface area (Å²) in [5.41, 5.74) is 0.346. The van der Waals surface area contributed by atoms with E-state index >= 15 is 0 Å². The summed E-state index contributed by atoms with van der Waals surface area (Å²) in [6.45, 7) is 0. The number of methoxy groups -OCH3 is 1. The number of thiocarbonyl (C=S) groups is 1. The number of rotatable bonds is 2. The van der Waals surface area contributed by atoms with Crippen LogP contribution in [0.5, 0.6) is 5.75 Å². The highest BCUT2D eigenvalue weighted by Crippen LogP contribution is 2.44. The zero-order chi connectivity index (χ0) is 16.4. The van der Waals surface area contributed by atoms with Crippen LogP contribution in [0, 0.1) is 17.2 Å². The second-order valence-corrected chi connectivity index (χ2v) is 6.44. The molecule has 1 N–H and O–H groups in total. The van der Waals surface area contributed by atoms with E-state index in [9.17, 15) is 10.1 Å². The van der Waals surface area contributed by atoms with Crippen LogP contribution < -0.4 is 15.0 Å². The Morgan fingerprint density at radius 3 is 2.52 bits per heavy atom. The van der Waals surface area contributed by atoms with Gasteiger partial charge in [-0.15, -0.1) is 0 Å². The van der Waals surface area contributed by atoms with Crippen LogP contribution in [0.1, 0.15) is 32.1 Å². The van der Waals surface area contributed by atoms with Gasteiger partial charge in [0.2, 0.25) is 5.91 Å². The van der Waals surface area contributed by atoms with Crippen molar-refractivity contribution in [2.24, 2.45) is 5.92 Å². The average Bonchev–Trinajstić information content (AvgIpc) is 2.56. The highest BCUT2D eigenvalue weighted by Gasteiger charge is 2.53. The predicted molar refractivity (Wildman–Crippen MR) is 91.1 cm³/mol. The third-order valence-electron chi connectivity index (χ3n) is 4.86. The molecule has 1 heterocycles. The van der Waals surface area contributed by atoms with Gasteiger partial charge in [-0.3, -0.25) is 4.79 Å². The van der Waals surface area contributed by atoms with Gasteiger partial charge < -0.3 is 15.0 Å². The quantitative estimate of drug-likeness (QED) is 0.845. The molecular weight excluding hydrogens is 310 g/mol. The number of benzene rings is 1. The van der Waals surface area contributed by atoms with Crippen molar-refractivity contribution in [1.29, 1.82) is 5.26 Å². The van der Waals surface area contributed by atoms with E-state index in [0.717, 1.165) is 43.5 Å². The summed E-state index contributed by atoms with van der Waals surface area (Å²) in [5, 5.41) is 12.7. The molecule has 1 aromatic carbocycles. The predicted octanol–water partition coefficient (Wildman–Crippen LogP) is 2.76. The maximum absolute atomic E-state index is 12.3. The molecule has 1 atom stereocenters. The van der Waals surface area contributed by atoms with E-state index in [4.69, 9.17) is 17.0 Å². The van der Waals surface area contributed by atoms with E-state index in [1.807, 2.05) is 29.2 Å². The van der Waals surface area contributed by atoms with Crippen LogP contribution in [-0.2, 0) is 4.79 Å². The Bertz CT molecular complexity index is 659. The minimum absolute atomic E-state index is 0.274. The smallest absolute Gasteiger partial charge is 0.245 e. The molecule has 1 aliphatic carbocycles. The molecule has 0 radical (unpaired) electrons. The first-order valence-corrected chi connectivity index (χ1v) is 8.22. The molecule has 0 aromatic heterocycles. The highest BCUT2D eigenvalue weighted by atomic mass is 32.1. The number of nitrogens with one attached hydrogen (secondary N) is 1. The molecule has 23 heavy (non-hydrogen) atoms. The zero-order valence-electron chi connectivity index (χ0n) is 13.0. The van der Waals surface area contributed by atoms with Crippen molar-refractivity contribution < 1.29 is 9.53 Å². The summed E-state index contributed by atoms with van der Waals surface area (Å²) in [6.07, 6.45) is 4.72. The third kappa shape index (κ3) is 2.55. The zero-order valence-corrected chi connectivity index (χ0v) is 13.9. The molecule has 1 aromatic rings. The molecule has 2 fully saturated rings. The molecule has 3 rings (SSSR count). The SMILES string of the molecule is COc1ccc(N2C(=S)NC(=O)C(C#N)C23CCCCC3)cc1. The van der Waals surface area contributed by atoms with Crippen LogP contribution in [-0.4, -0.2) is 23.7 Å². The van der Waals surface area contributed by atoms with Gasteiger partial charge in [0.1, 0.15) is 11.7 Å². The standard InChI is InChI=1S/C17H19N3O2S/c1-22-13-7-5-12(6-8-13)20-16(23)19-15(21)14(11-18)17(20)9-3-2-4-10-17/h5-8,14H,2-4,9-10H2,1H3,(H,19,21,23). The number of anilines is 1. The first-order valence-electron chi connectivity index (χ1n) is 7.81. The number of hydrogen-bond acceptors (Lipinski definition) is 4. The summed E-state index contributed by atoms with van der Waals surface area (Å²) in [7, 11) is 1.62. The third-order valence-corrected chi connectivity index (χ3v) is 5.14. The van der Waals surface area contributed by atoms with E-state index in [1.54, 1.807) is 7.11 Å². The normalized spacial score (nSPS) is 23.3. The Hall–Kier alpha value is -2.13. The van der Waals surface area contributed by atoms with Crippen molar-refractivity contribution in [1.82, 2.24) is 5.32 Å². The number of amides is 1. The van der Waals surface area contributed by atoms with Gasteiger partial charge >= 0.3 is 0 Å². The fourth-order valence-corrected chi connectivity index (χ4v) is 4.16. The fraction of sp³-hybridized carbons (Fsp3) is 0.471.